The maximum Gasteiger partial charge on any atom is 0.247 e. The molecule has 0 saturated heterocycles. The number of halogens is 1. The van der Waals surface area contributed by atoms with E-state index in [4.69, 9.17) is 11.6 Å². The van der Waals surface area contributed by atoms with Crippen molar-refractivity contribution in [1.82, 2.24) is 20.1 Å². The average Bonchev–Trinajstić information content (AvgIpc) is 3.25. The van der Waals surface area contributed by atoms with E-state index < -0.39 is 6.04 Å². The summed E-state index contributed by atoms with van der Waals surface area (Å²) >= 11 is 6.37. The number of hydrogen-bond donors (Lipinski definition) is 2. The molecule has 4 aromatic rings. The van der Waals surface area contributed by atoms with Crippen LogP contribution in [-0.4, -0.2) is 27.2 Å². The number of pyridine rings is 1. The van der Waals surface area contributed by atoms with Crippen molar-refractivity contribution in [2.24, 2.45) is 7.05 Å². The Hall–Kier alpha value is -3.48. The van der Waals surface area contributed by atoms with Crippen molar-refractivity contribution in [3.8, 4) is 11.1 Å². The maximum absolute atomic E-state index is 13.2. The monoisotopic (exact) mass is 459 g/mol. The number of hydrogen-bond acceptors (Lipinski definition) is 4. The zero-order chi connectivity index (χ0) is 23.2. The first kappa shape index (κ1) is 22.7. The molecule has 1 atom stereocenters. The molecule has 0 radical (unpaired) electrons. The Labute approximate surface area is 198 Å². The molecule has 0 fully saturated rings. The Bertz CT molecular complexity index is 1220. The first-order valence-corrected chi connectivity index (χ1v) is 11.2. The molecule has 2 aromatic heterocycles. The van der Waals surface area contributed by atoms with Gasteiger partial charge in [0.2, 0.25) is 5.91 Å². The number of rotatable bonds is 8. The van der Waals surface area contributed by atoms with Gasteiger partial charge in [-0.2, -0.15) is 5.10 Å². The topological polar surface area (TPSA) is 71.8 Å². The molecular weight excluding hydrogens is 434 g/mol. The summed E-state index contributed by atoms with van der Waals surface area (Å²) in [7, 11) is 1.87. The predicted molar refractivity (Wildman–Crippen MR) is 132 cm³/mol. The van der Waals surface area contributed by atoms with Gasteiger partial charge in [-0.25, -0.2) is 4.98 Å². The lowest BCUT2D eigenvalue weighted by atomic mass is 10.0. The van der Waals surface area contributed by atoms with Crippen molar-refractivity contribution >= 4 is 23.3 Å². The lowest BCUT2D eigenvalue weighted by Gasteiger charge is -2.19. The lowest BCUT2D eigenvalue weighted by Crippen LogP contribution is -2.34. The third-order valence-electron chi connectivity index (χ3n) is 5.40. The van der Waals surface area contributed by atoms with Crippen LogP contribution in [0.1, 0.15) is 22.7 Å². The zero-order valence-corrected chi connectivity index (χ0v) is 19.4. The van der Waals surface area contributed by atoms with E-state index in [0.29, 0.717) is 18.8 Å². The summed E-state index contributed by atoms with van der Waals surface area (Å²) in [5.41, 5.74) is 4.97. The molecular formula is C26H26ClN5O. The van der Waals surface area contributed by atoms with Gasteiger partial charge in [-0.3, -0.25) is 9.48 Å². The van der Waals surface area contributed by atoms with Crippen molar-refractivity contribution in [3.05, 3.63) is 101 Å². The second-order valence-electron chi connectivity index (χ2n) is 7.97. The molecule has 0 saturated carbocycles. The Morgan fingerprint density at radius 1 is 1.06 bits per heavy atom. The number of amides is 1. The molecule has 2 heterocycles. The average molecular weight is 460 g/mol. The molecule has 0 unspecified atom stereocenters. The lowest BCUT2D eigenvalue weighted by molar-refractivity contribution is -0.118. The van der Waals surface area contributed by atoms with E-state index in [1.165, 1.54) is 0 Å². The minimum absolute atomic E-state index is 0.169. The molecule has 33 heavy (non-hydrogen) atoms. The molecule has 2 N–H and O–H groups in total. The molecule has 168 valence electrons. The van der Waals surface area contributed by atoms with E-state index in [0.717, 1.165) is 32.8 Å². The van der Waals surface area contributed by atoms with Gasteiger partial charge in [-0.15, -0.1) is 0 Å². The third kappa shape index (κ3) is 5.86. The SMILES string of the molecule is Cc1ccc(CCN[C@H](C(=O)Nc2ccc(-c3cnn(C)c3)cn2)c2ccccc2)c(Cl)c1. The molecule has 0 aliphatic rings. The molecule has 6 nitrogen and oxygen atoms in total. The van der Waals surface area contributed by atoms with Crippen LogP contribution in [0.25, 0.3) is 11.1 Å². The van der Waals surface area contributed by atoms with E-state index in [9.17, 15) is 4.79 Å². The fraction of sp³-hybridized carbons (Fsp3) is 0.192. The highest BCUT2D eigenvalue weighted by Crippen LogP contribution is 2.21. The smallest absolute Gasteiger partial charge is 0.247 e. The molecule has 4 rings (SSSR count). The first-order valence-electron chi connectivity index (χ1n) is 10.8. The van der Waals surface area contributed by atoms with Crippen LogP contribution < -0.4 is 10.6 Å². The molecule has 2 aromatic carbocycles. The van der Waals surface area contributed by atoms with Crippen LogP contribution in [0, 0.1) is 6.92 Å². The van der Waals surface area contributed by atoms with Gasteiger partial charge in [0.1, 0.15) is 11.9 Å². The fourth-order valence-corrected chi connectivity index (χ4v) is 3.95. The number of nitrogens with zero attached hydrogens (tertiary/aromatic N) is 3. The van der Waals surface area contributed by atoms with Crippen LogP contribution in [0.4, 0.5) is 5.82 Å². The van der Waals surface area contributed by atoms with Gasteiger partial charge in [-0.1, -0.05) is 54.1 Å². The predicted octanol–water partition coefficient (Wildman–Crippen LogP) is 4.96. The third-order valence-corrected chi connectivity index (χ3v) is 5.75. The van der Waals surface area contributed by atoms with E-state index in [2.05, 4.69) is 20.7 Å². The first-order chi connectivity index (χ1) is 16.0. The van der Waals surface area contributed by atoms with Gasteiger partial charge in [-0.05, 0) is 48.2 Å². The highest BCUT2D eigenvalue weighted by atomic mass is 35.5. The zero-order valence-electron chi connectivity index (χ0n) is 18.6. The quantitative estimate of drug-likeness (QED) is 0.391. The Morgan fingerprint density at radius 3 is 2.55 bits per heavy atom. The Balaban J connectivity index is 1.44. The summed E-state index contributed by atoms with van der Waals surface area (Å²) in [5.74, 6) is 0.329. The molecule has 0 aliphatic carbocycles. The van der Waals surface area contributed by atoms with E-state index >= 15 is 0 Å². The summed E-state index contributed by atoms with van der Waals surface area (Å²) in [6.45, 7) is 2.62. The maximum atomic E-state index is 13.2. The van der Waals surface area contributed by atoms with Crippen molar-refractivity contribution in [3.63, 3.8) is 0 Å². The summed E-state index contributed by atoms with van der Waals surface area (Å²) in [6, 6.07) is 18.9. The Kier molecular flexibility index (Phi) is 7.17. The second-order valence-corrected chi connectivity index (χ2v) is 8.37. The number of aromatic nitrogens is 3. The molecule has 0 aliphatic heterocycles. The van der Waals surface area contributed by atoms with Gasteiger partial charge in [0.25, 0.3) is 0 Å². The van der Waals surface area contributed by atoms with Crippen molar-refractivity contribution in [1.29, 1.82) is 0 Å². The van der Waals surface area contributed by atoms with Gasteiger partial charge >= 0.3 is 0 Å². The van der Waals surface area contributed by atoms with Crippen LogP contribution >= 0.6 is 11.6 Å². The number of benzene rings is 2. The highest BCUT2D eigenvalue weighted by molar-refractivity contribution is 6.31. The van der Waals surface area contributed by atoms with Crippen LogP contribution in [0.5, 0.6) is 0 Å². The largest absolute Gasteiger partial charge is 0.309 e. The Morgan fingerprint density at radius 2 is 1.88 bits per heavy atom. The van der Waals surface area contributed by atoms with Gasteiger partial charge in [0.05, 0.1) is 6.20 Å². The summed E-state index contributed by atoms with van der Waals surface area (Å²) in [5, 5.41) is 11.2. The standard InChI is InChI=1S/C26H26ClN5O/c1-18-8-9-19(23(27)14-18)12-13-28-25(20-6-4-3-5-7-20)26(33)31-24-11-10-21(15-29-24)22-16-30-32(2)17-22/h3-11,14-17,25,28H,12-13H2,1-2H3,(H,29,31,33)/t25-/m0/s1. The minimum atomic E-state index is -0.518. The number of carbonyl (C=O) groups excluding carboxylic acids is 1. The number of carbonyl (C=O) groups is 1. The molecule has 1 amide bonds. The highest BCUT2D eigenvalue weighted by Gasteiger charge is 2.20. The fourth-order valence-electron chi connectivity index (χ4n) is 3.62. The van der Waals surface area contributed by atoms with Crippen LogP contribution in [0.15, 0.2) is 79.3 Å². The number of nitrogens with one attached hydrogen (secondary N) is 2. The van der Waals surface area contributed by atoms with Crippen LogP contribution in [0.2, 0.25) is 5.02 Å². The van der Waals surface area contributed by atoms with Gasteiger partial charge in [0.15, 0.2) is 0 Å². The minimum Gasteiger partial charge on any atom is -0.309 e. The summed E-state index contributed by atoms with van der Waals surface area (Å²) < 4.78 is 1.74. The molecule has 0 bridgehead atoms. The second kappa shape index (κ2) is 10.4. The number of anilines is 1. The van der Waals surface area contributed by atoms with Crippen LogP contribution in [0.3, 0.4) is 0 Å². The molecule has 0 spiro atoms. The van der Waals surface area contributed by atoms with E-state index in [1.54, 1.807) is 23.1 Å². The normalized spacial score (nSPS) is 11.8. The van der Waals surface area contributed by atoms with Crippen molar-refractivity contribution in [2.75, 3.05) is 11.9 Å². The molecule has 7 heteroatoms. The number of aryl methyl sites for hydroxylation is 2. The van der Waals surface area contributed by atoms with Crippen molar-refractivity contribution < 1.29 is 4.79 Å². The van der Waals surface area contributed by atoms with Crippen molar-refractivity contribution in [2.45, 2.75) is 19.4 Å². The van der Waals surface area contributed by atoms with E-state index in [1.807, 2.05) is 74.8 Å². The van der Waals surface area contributed by atoms with Gasteiger partial charge < -0.3 is 10.6 Å². The van der Waals surface area contributed by atoms with Crippen LogP contribution in [-0.2, 0) is 18.3 Å². The van der Waals surface area contributed by atoms with E-state index in [-0.39, 0.29) is 5.91 Å². The summed E-state index contributed by atoms with van der Waals surface area (Å²) in [4.78, 5) is 17.6. The van der Waals surface area contributed by atoms with Gasteiger partial charge in [0, 0.05) is 42.1 Å². The summed E-state index contributed by atoms with van der Waals surface area (Å²) in [6.07, 6.45) is 6.15.